The van der Waals surface area contributed by atoms with Gasteiger partial charge in [0, 0.05) is 19.4 Å². The van der Waals surface area contributed by atoms with Crippen molar-refractivity contribution >= 4 is 5.97 Å². The summed E-state index contributed by atoms with van der Waals surface area (Å²) in [5.41, 5.74) is 6.32. The van der Waals surface area contributed by atoms with E-state index >= 15 is 0 Å². The molecule has 1 atom stereocenters. The maximum Gasteiger partial charge on any atom is 0.306 e. The van der Waals surface area contributed by atoms with Gasteiger partial charge < -0.3 is 10.5 Å². The van der Waals surface area contributed by atoms with E-state index in [4.69, 9.17) is 15.7 Å². The van der Waals surface area contributed by atoms with Gasteiger partial charge in [-0.25, -0.2) is 0 Å². The molecule has 16 heavy (non-hydrogen) atoms. The number of hydrogen-bond donors (Lipinski definition) is 1. The van der Waals surface area contributed by atoms with Gasteiger partial charge in [0.2, 0.25) is 0 Å². The molecule has 4 nitrogen and oxygen atoms in total. The molecular weight excluding hydrogens is 204 g/mol. The predicted octanol–water partition coefficient (Wildman–Crippen LogP) is 1.05. The highest BCUT2D eigenvalue weighted by Gasteiger charge is 2.40. The number of cyclic esters (lactones) is 1. The van der Waals surface area contributed by atoms with Gasteiger partial charge in [0.15, 0.2) is 0 Å². The fourth-order valence-electron chi connectivity index (χ4n) is 1.96. The summed E-state index contributed by atoms with van der Waals surface area (Å²) in [6, 6.07) is 9.12. The number of ether oxygens (including phenoxy) is 1. The lowest BCUT2D eigenvalue weighted by atomic mass is 9.90. The van der Waals surface area contributed by atoms with Crippen molar-refractivity contribution in [2.24, 2.45) is 5.73 Å². The summed E-state index contributed by atoms with van der Waals surface area (Å²) < 4.78 is 5.31. The molecule has 82 valence electrons. The van der Waals surface area contributed by atoms with Gasteiger partial charge in [-0.05, 0) is 17.7 Å². The van der Waals surface area contributed by atoms with E-state index in [1.165, 1.54) is 0 Å². The summed E-state index contributed by atoms with van der Waals surface area (Å²) >= 11 is 0. The normalized spacial score (nSPS) is 23.9. The van der Waals surface area contributed by atoms with Gasteiger partial charge >= 0.3 is 5.97 Å². The Morgan fingerprint density at radius 3 is 2.94 bits per heavy atom. The number of nitrogens with two attached hydrogens (primary N) is 1. The maximum absolute atomic E-state index is 11.2. The first-order valence-electron chi connectivity index (χ1n) is 5.13. The molecule has 1 aliphatic heterocycles. The van der Waals surface area contributed by atoms with Crippen LogP contribution in [0.25, 0.3) is 0 Å². The summed E-state index contributed by atoms with van der Waals surface area (Å²) in [4.78, 5) is 11.2. The fourth-order valence-corrected chi connectivity index (χ4v) is 1.96. The van der Waals surface area contributed by atoms with Gasteiger partial charge in [0.05, 0.1) is 11.6 Å². The van der Waals surface area contributed by atoms with Crippen LogP contribution in [0.3, 0.4) is 0 Å². The van der Waals surface area contributed by atoms with E-state index in [2.05, 4.69) is 6.07 Å². The highest BCUT2D eigenvalue weighted by Crippen LogP contribution is 2.36. The van der Waals surface area contributed by atoms with Crippen molar-refractivity contribution in [3.05, 3.63) is 35.4 Å². The Bertz CT molecular complexity index is 464. The van der Waals surface area contributed by atoms with Crippen LogP contribution in [0.15, 0.2) is 24.3 Å². The first-order chi connectivity index (χ1) is 7.70. The molecule has 0 amide bonds. The van der Waals surface area contributed by atoms with Crippen LogP contribution in [-0.2, 0) is 15.1 Å². The number of hydrogen-bond acceptors (Lipinski definition) is 4. The quantitative estimate of drug-likeness (QED) is 0.749. The molecular formula is C12H12N2O2. The Hall–Kier alpha value is -1.86. The van der Waals surface area contributed by atoms with Gasteiger partial charge in [0.25, 0.3) is 0 Å². The van der Waals surface area contributed by atoms with Gasteiger partial charge in [-0.3, -0.25) is 4.79 Å². The molecule has 1 fully saturated rings. The van der Waals surface area contributed by atoms with Gasteiger partial charge in [-0.2, -0.15) is 5.26 Å². The summed E-state index contributed by atoms with van der Waals surface area (Å²) in [7, 11) is 0. The van der Waals surface area contributed by atoms with Gasteiger partial charge in [-0.15, -0.1) is 0 Å². The zero-order chi connectivity index (χ0) is 11.6. The number of benzene rings is 1. The molecule has 1 heterocycles. The smallest absolute Gasteiger partial charge is 0.306 e. The van der Waals surface area contributed by atoms with Crippen molar-refractivity contribution in [3.63, 3.8) is 0 Å². The average molecular weight is 216 g/mol. The number of esters is 1. The first kappa shape index (κ1) is 10.7. The molecule has 0 spiro atoms. The van der Waals surface area contributed by atoms with E-state index in [0.717, 1.165) is 5.56 Å². The largest absolute Gasteiger partial charge is 0.453 e. The van der Waals surface area contributed by atoms with Crippen LogP contribution >= 0.6 is 0 Å². The van der Waals surface area contributed by atoms with Crippen molar-refractivity contribution in [2.75, 3.05) is 6.54 Å². The second-order valence-corrected chi connectivity index (χ2v) is 3.87. The van der Waals surface area contributed by atoms with Crippen LogP contribution in [0, 0.1) is 11.3 Å². The lowest BCUT2D eigenvalue weighted by molar-refractivity contribution is -0.148. The molecule has 1 aliphatic rings. The van der Waals surface area contributed by atoms with Crippen LogP contribution in [0.1, 0.15) is 24.0 Å². The highest BCUT2D eigenvalue weighted by atomic mass is 16.6. The summed E-state index contributed by atoms with van der Waals surface area (Å²) in [5, 5.41) is 8.82. The average Bonchev–Trinajstić information content (AvgIpc) is 2.72. The Morgan fingerprint density at radius 1 is 1.56 bits per heavy atom. The Morgan fingerprint density at radius 2 is 2.38 bits per heavy atom. The predicted molar refractivity (Wildman–Crippen MR) is 57.2 cm³/mol. The lowest BCUT2D eigenvalue weighted by Crippen LogP contribution is -2.34. The molecule has 2 N–H and O–H groups in total. The zero-order valence-corrected chi connectivity index (χ0v) is 8.77. The van der Waals surface area contributed by atoms with Crippen molar-refractivity contribution in [2.45, 2.75) is 18.4 Å². The Balaban J connectivity index is 2.41. The van der Waals surface area contributed by atoms with Crippen molar-refractivity contribution in [3.8, 4) is 6.07 Å². The number of nitrogens with zero attached hydrogens (tertiary/aromatic N) is 1. The topological polar surface area (TPSA) is 76.1 Å². The van der Waals surface area contributed by atoms with Crippen LogP contribution in [0.5, 0.6) is 0 Å². The number of rotatable bonds is 2. The molecule has 0 aromatic heterocycles. The SMILES string of the molecule is N#Cc1cccc(C2(CN)CCC(=O)O2)c1. The molecule has 0 bridgehead atoms. The molecule has 4 heteroatoms. The van der Waals surface area contributed by atoms with Crippen LogP contribution in [0.2, 0.25) is 0 Å². The van der Waals surface area contributed by atoms with Crippen molar-refractivity contribution in [1.29, 1.82) is 5.26 Å². The van der Waals surface area contributed by atoms with Crippen LogP contribution < -0.4 is 5.73 Å². The van der Waals surface area contributed by atoms with E-state index in [1.807, 2.05) is 6.07 Å². The third-order valence-electron chi connectivity index (χ3n) is 2.89. The summed E-state index contributed by atoms with van der Waals surface area (Å²) in [6.45, 7) is 0.244. The molecule has 1 aromatic carbocycles. The van der Waals surface area contributed by atoms with Crippen LogP contribution in [-0.4, -0.2) is 12.5 Å². The molecule has 0 aliphatic carbocycles. The van der Waals surface area contributed by atoms with Gasteiger partial charge in [0.1, 0.15) is 5.60 Å². The Labute approximate surface area is 93.6 Å². The second-order valence-electron chi connectivity index (χ2n) is 3.87. The van der Waals surface area contributed by atoms with E-state index < -0.39 is 5.60 Å². The van der Waals surface area contributed by atoms with E-state index in [0.29, 0.717) is 18.4 Å². The zero-order valence-electron chi connectivity index (χ0n) is 8.77. The third kappa shape index (κ3) is 1.66. The minimum absolute atomic E-state index is 0.229. The molecule has 1 aromatic rings. The third-order valence-corrected chi connectivity index (χ3v) is 2.89. The van der Waals surface area contributed by atoms with E-state index in [-0.39, 0.29) is 12.5 Å². The first-order valence-corrected chi connectivity index (χ1v) is 5.13. The van der Waals surface area contributed by atoms with Crippen LogP contribution in [0.4, 0.5) is 0 Å². The molecule has 1 unspecified atom stereocenters. The number of carbonyl (C=O) groups excluding carboxylic acids is 1. The minimum Gasteiger partial charge on any atom is -0.453 e. The number of nitriles is 1. The van der Waals surface area contributed by atoms with E-state index in [1.54, 1.807) is 18.2 Å². The standard InChI is InChI=1S/C12H12N2O2/c13-7-9-2-1-3-10(6-9)12(8-14)5-4-11(15)16-12/h1-3,6H,4-5,8,14H2. The molecule has 0 radical (unpaired) electrons. The number of carbonyl (C=O) groups is 1. The maximum atomic E-state index is 11.2. The molecule has 0 saturated carbocycles. The van der Waals surface area contributed by atoms with E-state index in [9.17, 15) is 4.79 Å². The summed E-state index contributed by atoms with van der Waals surface area (Å²) in [6.07, 6.45) is 0.963. The molecule has 2 rings (SSSR count). The fraction of sp³-hybridized carbons (Fsp3) is 0.333. The van der Waals surface area contributed by atoms with Crippen molar-refractivity contribution < 1.29 is 9.53 Å². The minimum atomic E-state index is -0.732. The Kier molecular flexibility index (Phi) is 2.63. The monoisotopic (exact) mass is 216 g/mol. The molecule has 1 saturated heterocycles. The lowest BCUT2D eigenvalue weighted by Gasteiger charge is -2.26. The summed E-state index contributed by atoms with van der Waals surface area (Å²) in [5.74, 6) is -0.229. The van der Waals surface area contributed by atoms with Crippen molar-refractivity contribution in [1.82, 2.24) is 0 Å². The highest BCUT2D eigenvalue weighted by molar-refractivity contribution is 5.72. The second kappa shape index (κ2) is 3.95. The van der Waals surface area contributed by atoms with Gasteiger partial charge in [-0.1, -0.05) is 12.1 Å².